The predicted octanol–water partition coefficient (Wildman–Crippen LogP) is 8.85. The number of aliphatic hydroxyl groups excluding tert-OH is 3. The van der Waals surface area contributed by atoms with Gasteiger partial charge in [-0.25, -0.2) is 4.57 Å². The zero-order valence-electron chi connectivity index (χ0n) is 34.7. The molecule has 0 rings (SSSR count). The summed E-state index contributed by atoms with van der Waals surface area (Å²) in [5.41, 5.74) is 5.32. The van der Waals surface area contributed by atoms with E-state index in [9.17, 15) is 34.4 Å². The molecular weight excluding hydrogens is 737 g/mol. The average Bonchev–Trinajstić information content (AvgIpc) is 3.17. The van der Waals surface area contributed by atoms with E-state index >= 15 is 0 Å². The van der Waals surface area contributed by atoms with Crippen LogP contribution in [0, 0.1) is 0 Å². The predicted molar refractivity (Wildman–Crippen MR) is 224 cm³/mol. The summed E-state index contributed by atoms with van der Waals surface area (Å²) in [5.74, 6) is -1.16. The van der Waals surface area contributed by atoms with Crippen LogP contribution < -0.4 is 5.73 Å². The largest absolute Gasteiger partial charge is 0.472 e. The molecule has 0 fully saturated rings. The molecule has 0 amide bonds. The first-order valence-corrected chi connectivity index (χ1v) is 22.9. The number of esters is 2. The molecule has 6 N–H and O–H groups in total. The van der Waals surface area contributed by atoms with E-state index in [-0.39, 0.29) is 38.8 Å². The molecule has 12 nitrogen and oxygen atoms in total. The Balaban J connectivity index is 4.49. The number of carbonyl (C=O) groups excluding carboxylic acids is 2. The van der Waals surface area contributed by atoms with Crippen molar-refractivity contribution in [2.24, 2.45) is 5.73 Å². The van der Waals surface area contributed by atoms with Crippen LogP contribution in [0.15, 0.2) is 48.6 Å². The number of aliphatic hydroxyl groups is 3. The van der Waals surface area contributed by atoms with Gasteiger partial charge in [0.2, 0.25) is 0 Å². The van der Waals surface area contributed by atoms with E-state index in [4.69, 9.17) is 24.3 Å². The lowest BCUT2D eigenvalue weighted by Gasteiger charge is -2.20. The van der Waals surface area contributed by atoms with Gasteiger partial charge in [0.05, 0.1) is 31.5 Å². The quantitative estimate of drug-likeness (QED) is 0.0171. The normalized spacial score (nSPS) is 15.5. The van der Waals surface area contributed by atoms with Crippen molar-refractivity contribution in [2.45, 2.75) is 186 Å². The Kier molecular flexibility index (Phi) is 36.9. The molecule has 0 aromatic rings. The summed E-state index contributed by atoms with van der Waals surface area (Å²) in [6.07, 6.45) is 32.2. The minimum absolute atomic E-state index is 0.00426. The molecule has 1 unspecified atom stereocenters. The van der Waals surface area contributed by atoms with Gasteiger partial charge in [-0.2, -0.15) is 0 Å². The van der Waals surface area contributed by atoms with Crippen LogP contribution in [0.3, 0.4) is 0 Å². The third-order valence-corrected chi connectivity index (χ3v) is 10.1. The first kappa shape index (κ1) is 53.9. The summed E-state index contributed by atoms with van der Waals surface area (Å²) >= 11 is 0. The van der Waals surface area contributed by atoms with Crippen LogP contribution >= 0.6 is 7.82 Å². The van der Waals surface area contributed by atoms with Crippen LogP contribution in [-0.2, 0) is 32.7 Å². The Bertz CT molecular complexity index is 1110. The second-order valence-electron chi connectivity index (χ2n) is 14.4. The van der Waals surface area contributed by atoms with Crippen molar-refractivity contribution >= 4 is 19.8 Å². The zero-order valence-corrected chi connectivity index (χ0v) is 35.6. The van der Waals surface area contributed by atoms with Gasteiger partial charge in [0.25, 0.3) is 0 Å². The molecule has 0 aliphatic carbocycles. The molecular formula is C43H78NO11P. The molecule has 0 spiro atoms. The summed E-state index contributed by atoms with van der Waals surface area (Å²) in [7, 11) is -4.46. The average molecular weight is 816 g/mol. The van der Waals surface area contributed by atoms with Gasteiger partial charge < -0.3 is 35.4 Å². The number of hydrogen-bond donors (Lipinski definition) is 5. The number of allylic oxidation sites excluding steroid dienone is 6. The molecule has 5 atom stereocenters. The smallest absolute Gasteiger partial charge is 0.462 e. The molecule has 56 heavy (non-hydrogen) atoms. The minimum Gasteiger partial charge on any atom is -0.462 e. The molecule has 0 aromatic carbocycles. The van der Waals surface area contributed by atoms with Crippen LogP contribution in [0.1, 0.15) is 162 Å². The van der Waals surface area contributed by atoms with Gasteiger partial charge in [0.15, 0.2) is 6.10 Å². The van der Waals surface area contributed by atoms with Crippen LogP contribution in [0.25, 0.3) is 0 Å². The number of nitrogens with two attached hydrogens (primary N) is 1. The maximum Gasteiger partial charge on any atom is 0.472 e. The molecule has 0 saturated heterocycles. The molecule has 0 aliphatic heterocycles. The molecule has 0 bridgehead atoms. The van der Waals surface area contributed by atoms with Gasteiger partial charge in [-0.3, -0.25) is 18.6 Å². The summed E-state index contributed by atoms with van der Waals surface area (Å²) in [4.78, 5) is 34.9. The number of phosphoric acid groups is 1. The van der Waals surface area contributed by atoms with E-state index in [2.05, 4.69) is 13.8 Å². The fraction of sp³-hybridized carbons (Fsp3) is 0.767. The van der Waals surface area contributed by atoms with E-state index in [1.165, 1.54) is 76.7 Å². The Hall–Kier alpha value is -2.15. The molecule has 0 saturated carbocycles. The summed E-state index contributed by atoms with van der Waals surface area (Å²) < 4.78 is 32.5. The first-order chi connectivity index (χ1) is 27.0. The highest BCUT2D eigenvalue weighted by atomic mass is 31.2. The highest BCUT2D eigenvalue weighted by Crippen LogP contribution is 2.43. The van der Waals surface area contributed by atoms with E-state index in [0.717, 1.165) is 44.9 Å². The van der Waals surface area contributed by atoms with E-state index in [0.29, 0.717) is 6.42 Å². The van der Waals surface area contributed by atoms with Gasteiger partial charge in [0, 0.05) is 19.4 Å². The maximum absolute atomic E-state index is 12.6. The summed E-state index contributed by atoms with van der Waals surface area (Å²) in [5, 5.41) is 30.4. The van der Waals surface area contributed by atoms with Crippen molar-refractivity contribution in [1.82, 2.24) is 0 Å². The molecule has 0 aliphatic rings. The fourth-order valence-electron chi connectivity index (χ4n) is 5.72. The molecule has 0 aromatic heterocycles. The van der Waals surface area contributed by atoms with Crippen LogP contribution in [0.4, 0.5) is 0 Å². The Morgan fingerprint density at radius 2 is 1.11 bits per heavy atom. The van der Waals surface area contributed by atoms with Crippen LogP contribution in [-0.4, -0.2) is 82.9 Å². The number of rotatable bonds is 39. The second kappa shape index (κ2) is 38.4. The maximum atomic E-state index is 12.6. The lowest BCUT2D eigenvalue weighted by molar-refractivity contribution is -0.161. The van der Waals surface area contributed by atoms with Crippen molar-refractivity contribution in [3.05, 3.63) is 48.6 Å². The number of carbonyl (C=O) groups is 2. The van der Waals surface area contributed by atoms with Crippen molar-refractivity contribution in [1.29, 1.82) is 0 Å². The SMILES string of the molecule is CCCCCCCCCCCCCCCCCC(=O)O[C@H](COC(=O)CCC[C@@H](O)[C@H](O)/C=C/C=C/C=C\C=C\[C@H](O)CCCCC)COP(=O)(O)OCCN. The lowest BCUT2D eigenvalue weighted by Crippen LogP contribution is -2.30. The number of ether oxygens (including phenoxy) is 2. The minimum atomic E-state index is -4.46. The molecule has 0 radical (unpaired) electrons. The zero-order chi connectivity index (χ0) is 41.5. The Morgan fingerprint density at radius 3 is 1.68 bits per heavy atom. The molecule has 0 heterocycles. The topological polar surface area (TPSA) is 195 Å². The number of hydrogen-bond acceptors (Lipinski definition) is 11. The van der Waals surface area contributed by atoms with Crippen molar-refractivity contribution in [3.8, 4) is 0 Å². The van der Waals surface area contributed by atoms with E-state index in [1.54, 1.807) is 42.5 Å². The summed E-state index contributed by atoms with van der Waals surface area (Å²) in [6, 6.07) is 0. The van der Waals surface area contributed by atoms with Crippen molar-refractivity contribution in [3.63, 3.8) is 0 Å². The highest BCUT2D eigenvalue weighted by Gasteiger charge is 2.26. The van der Waals surface area contributed by atoms with Gasteiger partial charge in [-0.05, 0) is 25.7 Å². The third kappa shape index (κ3) is 36.2. The van der Waals surface area contributed by atoms with Gasteiger partial charge in [-0.15, -0.1) is 0 Å². The van der Waals surface area contributed by atoms with Gasteiger partial charge in [0.1, 0.15) is 6.61 Å². The van der Waals surface area contributed by atoms with Crippen LogP contribution in [0.5, 0.6) is 0 Å². The first-order valence-electron chi connectivity index (χ1n) is 21.4. The molecule has 326 valence electrons. The van der Waals surface area contributed by atoms with Gasteiger partial charge in [-0.1, -0.05) is 172 Å². The second-order valence-corrected chi connectivity index (χ2v) is 15.9. The van der Waals surface area contributed by atoms with Crippen molar-refractivity contribution < 1.29 is 52.9 Å². The Morgan fingerprint density at radius 1 is 0.607 bits per heavy atom. The monoisotopic (exact) mass is 816 g/mol. The van der Waals surface area contributed by atoms with Gasteiger partial charge >= 0.3 is 19.8 Å². The lowest BCUT2D eigenvalue weighted by atomic mass is 10.0. The van der Waals surface area contributed by atoms with Crippen molar-refractivity contribution in [2.75, 3.05) is 26.4 Å². The van der Waals surface area contributed by atoms with E-state index in [1.807, 2.05) is 0 Å². The summed E-state index contributed by atoms with van der Waals surface area (Å²) in [6.45, 7) is 3.23. The van der Waals surface area contributed by atoms with E-state index < -0.39 is 57.4 Å². The number of unbranched alkanes of at least 4 members (excludes halogenated alkanes) is 16. The highest BCUT2D eigenvalue weighted by molar-refractivity contribution is 7.47. The number of phosphoric ester groups is 1. The molecule has 13 heteroatoms. The standard InChI is InChI=1S/C43H78NO11P/c1-3-5-7-8-9-10-11-12-13-14-15-16-17-22-26-32-43(49)55-39(37-54-56(50,51)53-35-34-44)36-52-42(48)33-27-31-41(47)40(46)30-25-21-19-18-20-24-29-38(45)28-23-6-4-2/h18-21,24-25,29-30,38-41,45-47H,3-17,22-23,26-28,31-37,44H2,1-2H3,(H,50,51)/b20-18-,21-19+,29-24+,30-25+/t38-,39-,40-,41-/m1/s1. The fourth-order valence-corrected chi connectivity index (χ4v) is 6.49. The third-order valence-electron chi connectivity index (χ3n) is 9.08. The Labute approximate surface area is 338 Å². The van der Waals surface area contributed by atoms with Crippen LogP contribution in [0.2, 0.25) is 0 Å².